The highest BCUT2D eigenvalue weighted by molar-refractivity contribution is 5.74. The van der Waals surface area contributed by atoms with E-state index in [2.05, 4.69) is 10.3 Å². The van der Waals surface area contributed by atoms with Gasteiger partial charge < -0.3 is 15.8 Å². The van der Waals surface area contributed by atoms with Crippen molar-refractivity contribution >= 4 is 12.1 Å². The zero-order valence-electron chi connectivity index (χ0n) is 10.1. The van der Waals surface area contributed by atoms with Crippen molar-refractivity contribution in [3.63, 3.8) is 0 Å². The highest BCUT2D eigenvalue weighted by Gasteiger charge is 2.09. The largest absolute Gasteiger partial charge is 0.384 e. The molecule has 1 aromatic heterocycles. The Labute approximate surface area is 101 Å². The fourth-order valence-corrected chi connectivity index (χ4v) is 1.47. The number of pyridine rings is 1. The number of rotatable bonds is 2. The second kappa shape index (κ2) is 7.76. The first-order valence-electron chi connectivity index (χ1n) is 5.68. The molecular weight excluding hydrogens is 218 g/mol. The van der Waals surface area contributed by atoms with Crippen LogP contribution >= 0.6 is 0 Å². The third-order valence-corrected chi connectivity index (χ3v) is 2.57. The summed E-state index contributed by atoms with van der Waals surface area (Å²) >= 11 is 0. The maximum Gasteiger partial charge on any atom is 0.151 e. The molecule has 0 unspecified atom stereocenters. The van der Waals surface area contributed by atoms with Crippen molar-refractivity contribution in [1.29, 1.82) is 0 Å². The van der Waals surface area contributed by atoms with Gasteiger partial charge in [0.15, 0.2) is 6.29 Å². The highest BCUT2D eigenvalue weighted by atomic mass is 16.5. The van der Waals surface area contributed by atoms with Crippen LogP contribution in [-0.4, -0.2) is 37.6 Å². The Kier molecular flexibility index (Phi) is 6.21. The van der Waals surface area contributed by atoms with Crippen LogP contribution in [-0.2, 0) is 4.74 Å². The van der Waals surface area contributed by atoms with Crippen LogP contribution in [0.3, 0.4) is 0 Å². The number of carbonyl (C=O) groups excluding carboxylic acids is 1. The van der Waals surface area contributed by atoms with E-state index in [0.717, 1.165) is 19.5 Å². The maximum atomic E-state index is 10.0. The molecule has 0 aromatic carbocycles. The first-order chi connectivity index (χ1) is 8.26. The molecule has 0 saturated carbocycles. The van der Waals surface area contributed by atoms with Crippen LogP contribution in [0.5, 0.6) is 0 Å². The van der Waals surface area contributed by atoms with Crippen molar-refractivity contribution in [3.8, 4) is 0 Å². The lowest BCUT2D eigenvalue weighted by Crippen LogP contribution is -2.31. The Morgan fingerprint density at radius 2 is 2.18 bits per heavy atom. The quantitative estimate of drug-likeness (QED) is 0.746. The van der Waals surface area contributed by atoms with Gasteiger partial charge in [0.25, 0.3) is 0 Å². The summed E-state index contributed by atoms with van der Waals surface area (Å²) < 4.78 is 5.16. The topological polar surface area (TPSA) is 77.2 Å². The summed E-state index contributed by atoms with van der Waals surface area (Å²) in [5.74, 6) is 0.431. The Bertz CT molecular complexity index is 321. The SMILES string of the molecule is CNC1CCOCC1.Nc1ccc(C=O)cn1. The van der Waals surface area contributed by atoms with E-state index in [1.165, 1.54) is 19.0 Å². The van der Waals surface area contributed by atoms with Crippen LogP contribution in [0.2, 0.25) is 0 Å². The van der Waals surface area contributed by atoms with Gasteiger partial charge in [0.1, 0.15) is 5.82 Å². The smallest absolute Gasteiger partial charge is 0.151 e. The molecule has 0 atom stereocenters. The average molecular weight is 237 g/mol. The van der Waals surface area contributed by atoms with Crippen molar-refractivity contribution in [3.05, 3.63) is 23.9 Å². The molecular formula is C12H19N3O2. The van der Waals surface area contributed by atoms with Crippen LogP contribution in [0.15, 0.2) is 18.3 Å². The Hall–Kier alpha value is -1.46. The van der Waals surface area contributed by atoms with Crippen LogP contribution in [0.4, 0.5) is 5.82 Å². The highest BCUT2D eigenvalue weighted by Crippen LogP contribution is 2.04. The number of nitrogens with two attached hydrogens (primary N) is 1. The van der Waals surface area contributed by atoms with Crippen molar-refractivity contribution in [2.75, 3.05) is 26.0 Å². The van der Waals surface area contributed by atoms with Gasteiger partial charge in [0.05, 0.1) is 0 Å². The normalized spacial score (nSPS) is 15.8. The number of nitrogens with one attached hydrogen (secondary N) is 1. The number of aromatic nitrogens is 1. The molecule has 94 valence electrons. The van der Waals surface area contributed by atoms with E-state index in [9.17, 15) is 4.79 Å². The van der Waals surface area contributed by atoms with E-state index >= 15 is 0 Å². The second-order valence-corrected chi connectivity index (χ2v) is 3.81. The van der Waals surface area contributed by atoms with Gasteiger partial charge in [-0.15, -0.1) is 0 Å². The van der Waals surface area contributed by atoms with Crippen molar-refractivity contribution in [2.45, 2.75) is 18.9 Å². The summed E-state index contributed by atoms with van der Waals surface area (Å²) in [5.41, 5.74) is 5.80. The predicted octanol–water partition coefficient (Wildman–Crippen LogP) is 0.861. The number of ether oxygens (including phenoxy) is 1. The van der Waals surface area contributed by atoms with Gasteiger partial charge in [0.2, 0.25) is 0 Å². The molecule has 0 bridgehead atoms. The Morgan fingerprint density at radius 1 is 1.47 bits per heavy atom. The number of anilines is 1. The number of hydrogen-bond acceptors (Lipinski definition) is 5. The summed E-state index contributed by atoms with van der Waals surface area (Å²) in [7, 11) is 2.01. The minimum atomic E-state index is 0.431. The van der Waals surface area contributed by atoms with Gasteiger partial charge in [0, 0.05) is 31.0 Å². The summed E-state index contributed by atoms with van der Waals surface area (Å²) in [6.45, 7) is 1.87. The number of carbonyl (C=O) groups is 1. The molecule has 1 aliphatic rings. The predicted molar refractivity (Wildman–Crippen MR) is 66.9 cm³/mol. The molecule has 0 amide bonds. The summed E-state index contributed by atoms with van der Waals surface area (Å²) in [4.78, 5) is 13.7. The molecule has 1 aliphatic heterocycles. The lowest BCUT2D eigenvalue weighted by Gasteiger charge is -2.20. The Balaban J connectivity index is 0.000000171. The summed E-state index contributed by atoms with van der Waals surface area (Å²) in [6, 6.07) is 3.92. The molecule has 1 fully saturated rings. The maximum absolute atomic E-state index is 10.0. The molecule has 1 aromatic rings. The Morgan fingerprint density at radius 3 is 2.59 bits per heavy atom. The first-order valence-corrected chi connectivity index (χ1v) is 5.68. The molecule has 0 aliphatic carbocycles. The molecule has 3 N–H and O–H groups in total. The van der Waals surface area contributed by atoms with E-state index in [1.807, 2.05) is 7.05 Å². The zero-order valence-corrected chi connectivity index (χ0v) is 10.1. The third-order valence-electron chi connectivity index (χ3n) is 2.57. The second-order valence-electron chi connectivity index (χ2n) is 3.81. The van der Waals surface area contributed by atoms with Gasteiger partial charge in [-0.1, -0.05) is 0 Å². The van der Waals surface area contributed by atoms with E-state index in [-0.39, 0.29) is 0 Å². The standard InChI is InChI=1S/C6H6N2O.C6H13NO/c7-6-2-1-5(4-9)3-8-6;1-7-6-2-4-8-5-3-6/h1-4H,(H2,7,8);6-7H,2-5H2,1H3. The molecule has 0 radical (unpaired) electrons. The molecule has 17 heavy (non-hydrogen) atoms. The molecule has 5 heteroatoms. The monoisotopic (exact) mass is 237 g/mol. The number of nitrogens with zero attached hydrogens (tertiary/aromatic N) is 1. The molecule has 1 saturated heterocycles. The van der Waals surface area contributed by atoms with Crippen molar-refractivity contribution < 1.29 is 9.53 Å². The fraction of sp³-hybridized carbons (Fsp3) is 0.500. The van der Waals surface area contributed by atoms with Crippen LogP contribution in [0.1, 0.15) is 23.2 Å². The minimum absolute atomic E-state index is 0.431. The lowest BCUT2D eigenvalue weighted by atomic mass is 10.1. The van der Waals surface area contributed by atoms with Crippen LogP contribution in [0, 0.1) is 0 Å². The zero-order chi connectivity index (χ0) is 12.5. The van der Waals surface area contributed by atoms with E-state index in [1.54, 1.807) is 12.1 Å². The van der Waals surface area contributed by atoms with Gasteiger partial charge in [-0.3, -0.25) is 4.79 Å². The number of nitrogen functional groups attached to an aromatic ring is 1. The van der Waals surface area contributed by atoms with Crippen molar-refractivity contribution in [2.24, 2.45) is 0 Å². The molecule has 2 heterocycles. The average Bonchev–Trinajstić information content (AvgIpc) is 2.41. The summed E-state index contributed by atoms with van der Waals surface area (Å²) in [5, 5.41) is 3.22. The molecule has 2 rings (SSSR count). The van der Waals surface area contributed by atoms with Gasteiger partial charge in [-0.25, -0.2) is 4.98 Å². The third kappa shape index (κ3) is 5.42. The lowest BCUT2D eigenvalue weighted by molar-refractivity contribution is 0.0799. The minimum Gasteiger partial charge on any atom is -0.384 e. The van der Waals surface area contributed by atoms with Crippen LogP contribution in [0.25, 0.3) is 0 Å². The van der Waals surface area contributed by atoms with E-state index < -0.39 is 0 Å². The van der Waals surface area contributed by atoms with Crippen LogP contribution < -0.4 is 11.1 Å². The number of aldehydes is 1. The number of hydrogen-bond donors (Lipinski definition) is 2. The summed E-state index contributed by atoms with van der Waals surface area (Å²) in [6.07, 6.45) is 4.52. The van der Waals surface area contributed by atoms with E-state index in [4.69, 9.17) is 10.5 Å². The van der Waals surface area contributed by atoms with Gasteiger partial charge in [-0.05, 0) is 32.0 Å². The van der Waals surface area contributed by atoms with Crippen molar-refractivity contribution in [1.82, 2.24) is 10.3 Å². The first kappa shape index (κ1) is 13.6. The van der Waals surface area contributed by atoms with E-state index in [0.29, 0.717) is 17.4 Å². The van der Waals surface area contributed by atoms with Gasteiger partial charge in [-0.2, -0.15) is 0 Å². The molecule has 0 spiro atoms. The van der Waals surface area contributed by atoms with Gasteiger partial charge >= 0.3 is 0 Å². The molecule has 5 nitrogen and oxygen atoms in total. The fourth-order valence-electron chi connectivity index (χ4n) is 1.47.